The molecule has 1 unspecified atom stereocenters. The summed E-state index contributed by atoms with van der Waals surface area (Å²) in [5, 5.41) is 0. The van der Waals surface area contributed by atoms with Gasteiger partial charge >= 0.3 is 18.0 Å². The van der Waals surface area contributed by atoms with Gasteiger partial charge in [0, 0.05) is 25.3 Å². The molecule has 1 atom stereocenters. The van der Waals surface area contributed by atoms with Crippen molar-refractivity contribution in [3.05, 3.63) is 65.5 Å². The minimum Gasteiger partial charge on any atom is -0.465 e. The van der Waals surface area contributed by atoms with Crippen molar-refractivity contribution in [1.82, 2.24) is 14.8 Å². The van der Waals surface area contributed by atoms with E-state index in [9.17, 15) is 19.2 Å². The topological polar surface area (TPSA) is 115 Å². The summed E-state index contributed by atoms with van der Waals surface area (Å²) < 4.78 is 15.2. The molecule has 0 saturated carbocycles. The zero-order valence-corrected chi connectivity index (χ0v) is 18.7. The Bertz CT molecular complexity index is 1050. The minimum absolute atomic E-state index is 0.0535. The first kappa shape index (κ1) is 23.2. The van der Waals surface area contributed by atoms with Gasteiger partial charge in [0.05, 0.1) is 12.7 Å². The quantitative estimate of drug-likeness (QED) is 0.468. The van der Waals surface area contributed by atoms with Crippen LogP contribution in [-0.4, -0.2) is 77.6 Å². The van der Waals surface area contributed by atoms with Gasteiger partial charge in [-0.2, -0.15) is 0 Å². The van der Waals surface area contributed by atoms with E-state index in [2.05, 4.69) is 9.72 Å². The highest BCUT2D eigenvalue weighted by molar-refractivity contribution is 5.94. The number of hydrogen-bond donors (Lipinski definition) is 0. The van der Waals surface area contributed by atoms with Crippen LogP contribution >= 0.6 is 0 Å². The van der Waals surface area contributed by atoms with Gasteiger partial charge in [-0.25, -0.2) is 14.4 Å². The van der Waals surface area contributed by atoms with Gasteiger partial charge in [-0.1, -0.05) is 30.3 Å². The van der Waals surface area contributed by atoms with E-state index >= 15 is 0 Å². The molecule has 2 aliphatic rings. The van der Waals surface area contributed by atoms with Crippen molar-refractivity contribution in [1.29, 1.82) is 0 Å². The van der Waals surface area contributed by atoms with E-state index in [0.29, 0.717) is 25.9 Å². The zero-order valence-electron chi connectivity index (χ0n) is 18.7. The van der Waals surface area contributed by atoms with Gasteiger partial charge in [-0.05, 0) is 30.5 Å². The maximum Gasteiger partial charge on any atom is 0.410 e. The smallest absolute Gasteiger partial charge is 0.410 e. The molecule has 2 aliphatic heterocycles. The average Bonchev–Trinajstić information content (AvgIpc) is 3.28. The van der Waals surface area contributed by atoms with Crippen molar-refractivity contribution >= 4 is 23.9 Å². The van der Waals surface area contributed by atoms with E-state index < -0.39 is 24.1 Å². The predicted octanol–water partition coefficient (Wildman–Crippen LogP) is 2.04. The van der Waals surface area contributed by atoms with Gasteiger partial charge in [-0.3, -0.25) is 14.7 Å². The highest BCUT2D eigenvalue weighted by Crippen LogP contribution is 2.25. The van der Waals surface area contributed by atoms with Crippen molar-refractivity contribution in [2.75, 3.05) is 26.8 Å². The number of amides is 2. The normalized spacial score (nSPS) is 18.4. The molecule has 0 radical (unpaired) electrons. The largest absolute Gasteiger partial charge is 0.465 e. The Kier molecular flexibility index (Phi) is 7.05. The average molecular weight is 467 g/mol. The SMILES string of the molecule is COC(=O)c1ccc(C(=O)N2CCC(N3C(=O)OCC3C(=O)OCc3ccccc3)CC2)nc1. The molecule has 1 aromatic carbocycles. The molecular formula is C24H25N3O7. The summed E-state index contributed by atoms with van der Waals surface area (Å²) in [7, 11) is 1.27. The molecule has 2 amide bonds. The number of rotatable bonds is 6. The number of benzene rings is 1. The fourth-order valence-corrected chi connectivity index (χ4v) is 4.11. The number of esters is 2. The molecule has 1 aromatic heterocycles. The number of hydrogen-bond acceptors (Lipinski definition) is 8. The predicted molar refractivity (Wildman–Crippen MR) is 118 cm³/mol. The number of aromatic nitrogens is 1. The second-order valence-corrected chi connectivity index (χ2v) is 8.04. The number of methoxy groups -OCH3 is 1. The molecule has 10 heteroatoms. The van der Waals surface area contributed by atoms with Crippen LogP contribution in [0.1, 0.15) is 39.3 Å². The van der Waals surface area contributed by atoms with Crippen molar-refractivity contribution in [2.24, 2.45) is 0 Å². The highest BCUT2D eigenvalue weighted by atomic mass is 16.6. The second-order valence-electron chi connectivity index (χ2n) is 8.04. The van der Waals surface area contributed by atoms with E-state index in [-0.39, 0.29) is 36.4 Å². The Hall–Kier alpha value is -3.95. The number of pyridine rings is 1. The first-order chi connectivity index (χ1) is 16.5. The molecular weight excluding hydrogens is 442 g/mol. The molecule has 0 bridgehead atoms. The molecule has 4 rings (SSSR count). The van der Waals surface area contributed by atoms with Gasteiger partial charge in [0.2, 0.25) is 0 Å². The minimum atomic E-state index is -0.809. The number of piperidine rings is 1. The second kappa shape index (κ2) is 10.3. The first-order valence-corrected chi connectivity index (χ1v) is 11.0. The Labute approximate surface area is 196 Å². The Morgan fingerprint density at radius 1 is 1.09 bits per heavy atom. The maximum absolute atomic E-state index is 12.8. The van der Waals surface area contributed by atoms with E-state index in [4.69, 9.17) is 9.47 Å². The molecule has 0 N–H and O–H groups in total. The van der Waals surface area contributed by atoms with Gasteiger partial charge in [0.25, 0.3) is 5.91 Å². The fourth-order valence-electron chi connectivity index (χ4n) is 4.11. The molecule has 0 spiro atoms. The molecule has 2 aromatic rings. The third-order valence-corrected chi connectivity index (χ3v) is 5.96. The van der Waals surface area contributed by atoms with Crippen LogP contribution < -0.4 is 0 Å². The number of ether oxygens (including phenoxy) is 3. The van der Waals surface area contributed by atoms with Gasteiger partial charge in [0.15, 0.2) is 6.04 Å². The van der Waals surface area contributed by atoms with Crippen LogP contribution in [0.3, 0.4) is 0 Å². The van der Waals surface area contributed by atoms with Crippen molar-refractivity contribution in [3.8, 4) is 0 Å². The van der Waals surface area contributed by atoms with E-state index in [1.54, 1.807) is 4.90 Å². The summed E-state index contributed by atoms with van der Waals surface area (Å²) in [4.78, 5) is 56.5. The van der Waals surface area contributed by atoms with Crippen LogP contribution in [-0.2, 0) is 25.6 Å². The maximum atomic E-state index is 12.8. The van der Waals surface area contributed by atoms with E-state index in [1.807, 2.05) is 30.3 Å². The van der Waals surface area contributed by atoms with Gasteiger partial charge in [0.1, 0.15) is 18.9 Å². The van der Waals surface area contributed by atoms with E-state index in [0.717, 1.165) is 5.56 Å². The van der Waals surface area contributed by atoms with Crippen LogP contribution in [0.15, 0.2) is 48.7 Å². The summed E-state index contributed by atoms with van der Waals surface area (Å²) in [5.41, 5.74) is 1.33. The highest BCUT2D eigenvalue weighted by Gasteiger charge is 2.44. The molecule has 10 nitrogen and oxygen atoms in total. The zero-order chi connectivity index (χ0) is 24.1. The summed E-state index contributed by atoms with van der Waals surface area (Å²) in [6, 6.07) is 11.2. The van der Waals surface area contributed by atoms with Crippen LogP contribution in [0.5, 0.6) is 0 Å². The first-order valence-electron chi connectivity index (χ1n) is 11.0. The lowest BCUT2D eigenvalue weighted by Gasteiger charge is -2.37. The molecule has 2 saturated heterocycles. The number of cyclic esters (lactones) is 1. The van der Waals surface area contributed by atoms with Crippen molar-refractivity contribution in [3.63, 3.8) is 0 Å². The number of carbonyl (C=O) groups excluding carboxylic acids is 4. The fraction of sp³-hybridized carbons (Fsp3) is 0.375. The van der Waals surface area contributed by atoms with Crippen LogP contribution in [0.25, 0.3) is 0 Å². The molecule has 3 heterocycles. The van der Waals surface area contributed by atoms with Crippen LogP contribution in [0, 0.1) is 0 Å². The van der Waals surface area contributed by atoms with Crippen LogP contribution in [0.2, 0.25) is 0 Å². The lowest BCUT2D eigenvalue weighted by molar-refractivity contribution is -0.150. The van der Waals surface area contributed by atoms with Crippen molar-refractivity contribution in [2.45, 2.75) is 31.5 Å². The van der Waals surface area contributed by atoms with Crippen LogP contribution in [0.4, 0.5) is 4.79 Å². The summed E-state index contributed by atoms with van der Waals surface area (Å²) in [5.74, 6) is -1.30. The summed E-state index contributed by atoms with van der Waals surface area (Å²) in [6.45, 7) is 0.841. The molecule has 0 aliphatic carbocycles. The molecule has 34 heavy (non-hydrogen) atoms. The Balaban J connectivity index is 1.33. The van der Waals surface area contributed by atoms with Gasteiger partial charge < -0.3 is 19.1 Å². The number of likely N-dealkylation sites (tertiary alicyclic amines) is 1. The van der Waals surface area contributed by atoms with Gasteiger partial charge in [-0.15, -0.1) is 0 Å². The Morgan fingerprint density at radius 3 is 2.47 bits per heavy atom. The van der Waals surface area contributed by atoms with Crippen molar-refractivity contribution < 1.29 is 33.4 Å². The lowest BCUT2D eigenvalue weighted by atomic mass is 10.0. The third kappa shape index (κ3) is 5.00. The summed E-state index contributed by atoms with van der Waals surface area (Å²) in [6.07, 6.45) is 1.73. The van der Waals surface area contributed by atoms with E-state index in [1.165, 1.54) is 30.3 Å². The number of nitrogens with zero attached hydrogens (tertiary/aromatic N) is 3. The Morgan fingerprint density at radius 2 is 1.82 bits per heavy atom. The summed E-state index contributed by atoms with van der Waals surface area (Å²) >= 11 is 0. The monoisotopic (exact) mass is 467 g/mol. The standard InChI is InChI=1S/C24H25N3O7/c1-32-22(29)17-7-8-19(25-13-17)21(28)26-11-9-18(10-12-26)27-20(15-34-24(27)31)23(30)33-14-16-5-3-2-4-6-16/h2-8,13,18,20H,9-12,14-15H2,1H3. The molecule has 178 valence electrons. The molecule has 2 fully saturated rings. The third-order valence-electron chi connectivity index (χ3n) is 5.96. The lowest BCUT2D eigenvalue weighted by Crippen LogP contribution is -2.52. The number of carbonyl (C=O) groups is 4.